The third-order valence-corrected chi connectivity index (χ3v) is 6.16. The van der Waals surface area contributed by atoms with Gasteiger partial charge in [-0.05, 0) is 65.7 Å². The van der Waals surface area contributed by atoms with Gasteiger partial charge in [0.25, 0.3) is 0 Å². The number of benzene rings is 3. The molecule has 4 rings (SSSR count). The molecule has 33 heavy (non-hydrogen) atoms. The highest BCUT2D eigenvalue weighted by Crippen LogP contribution is 2.47. The molecule has 0 bridgehead atoms. The van der Waals surface area contributed by atoms with Gasteiger partial charge < -0.3 is 18.9 Å². The van der Waals surface area contributed by atoms with Crippen molar-refractivity contribution in [2.24, 2.45) is 0 Å². The molecule has 4 aromatic rings. The Morgan fingerprint density at radius 2 is 1.67 bits per heavy atom. The smallest absolute Gasteiger partial charge is 0.330 e. The van der Waals surface area contributed by atoms with Crippen molar-refractivity contribution < 1.29 is 28.1 Å². The Balaban J connectivity index is 1.74. The molecule has 0 amide bonds. The van der Waals surface area contributed by atoms with Crippen LogP contribution in [0.25, 0.3) is 26.6 Å². The number of rotatable bonds is 7. The third kappa shape index (κ3) is 4.83. The largest absolute Gasteiger partial charge is 0.497 e. The molecule has 0 aliphatic heterocycles. The standard InChI is InChI=1S/C26H21FO5S/c1-29-19-10-11-20-23(15-19)33-26(17-7-12-22(30-2)21(27)14-17)25(20)32-18-8-4-16(5-9-18)6-13-24(28)31-3/h4-15H,1-3H3. The number of halogens is 1. The first-order chi connectivity index (χ1) is 16.0. The lowest BCUT2D eigenvalue weighted by Gasteiger charge is -2.10. The molecule has 168 valence electrons. The van der Waals surface area contributed by atoms with Crippen molar-refractivity contribution >= 4 is 33.5 Å². The number of hydrogen-bond acceptors (Lipinski definition) is 6. The fraction of sp³-hybridized carbons (Fsp3) is 0.115. The summed E-state index contributed by atoms with van der Waals surface area (Å²) in [7, 11) is 4.38. The first-order valence-electron chi connectivity index (χ1n) is 10.0. The Labute approximate surface area is 194 Å². The average Bonchev–Trinajstić information content (AvgIpc) is 3.20. The van der Waals surface area contributed by atoms with Crippen LogP contribution in [0.1, 0.15) is 5.56 Å². The van der Waals surface area contributed by atoms with Crippen molar-refractivity contribution in [3.05, 3.63) is 78.1 Å². The zero-order chi connectivity index (χ0) is 23.4. The summed E-state index contributed by atoms with van der Waals surface area (Å²) >= 11 is 1.49. The Kier molecular flexibility index (Phi) is 6.60. The molecule has 3 aromatic carbocycles. The van der Waals surface area contributed by atoms with Crippen LogP contribution in [0.5, 0.6) is 23.0 Å². The second-order valence-electron chi connectivity index (χ2n) is 7.00. The zero-order valence-electron chi connectivity index (χ0n) is 18.3. The van der Waals surface area contributed by atoms with Gasteiger partial charge in [-0.2, -0.15) is 0 Å². The van der Waals surface area contributed by atoms with Gasteiger partial charge >= 0.3 is 5.97 Å². The van der Waals surface area contributed by atoms with E-state index in [0.717, 1.165) is 26.3 Å². The minimum Gasteiger partial charge on any atom is -0.497 e. The van der Waals surface area contributed by atoms with E-state index < -0.39 is 11.8 Å². The Morgan fingerprint density at radius 3 is 2.33 bits per heavy atom. The summed E-state index contributed by atoms with van der Waals surface area (Å²) in [6, 6.07) is 17.8. The lowest BCUT2D eigenvalue weighted by atomic mass is 10.1. The van der Waals surface area contributed by atoms with Crippen LogP contribution in [0.15, 0.2) is 66.7 Å². The van der Waals surface area contributed by atoms with Crippen molar-refractivity contribution in [1.29, 1.82) is 0 Å². The van der Waals surface area contributed by atoms with Crippen LogP contribution >= 0.6 is 11.3 Å². The number of thiophene rings is 1. The SMILES string of the molecule is COC(=O)C=Cc1ccc(Oc2c(-c3ccc(OC)c(F)c3)sc3cc(OC)ccc23)cc1. The molecule has 0 N–H and O–H groups in total. The Morgan fingerprint density at radius 1 is 0.909 bits per heavy atom. The minimum absolute atomic E-state index is 0.180. The maximum Gasteiger partial charge on any atom is 0.330 e. The van der Waals surface area contributed by atoms with Crippen molar-refractivity contribution in [2.45, 2.75) is 0 Å². The average molecular weight is 465 g/mol. The summed E-state index contributed by atoms with van der Waals surface area (Å²) in [5, 5.41) is 0.890. The maximum atomic E-state index is 14.4. The van der Waals surface area contributed by atoms with Gasteiger partial charge in [0, 0.05) is 16.2 Å². The molecule has 0 aliphatic rings. The molecule has 0 aliphatic carbocycles. The van der Waals surface area contributed by atoms with Gasteiger partial charge in [0.05, 0.1) is 26.2 Å². The lowest BCUT2D eigenvalue weighted by Crippen LogP contribution is -1.93. The highest BCUT2D eigenvalue weighted by Gasteiger charge is 2.18. The molecular formula is C26H21FO5S. The Hall–Kier alpha value is -3.84. The quantitative estimate of drug-likeness (QED) is 0.225. The number of hydrogen-bond donors (Lipinski definition) is 0. The number of fused-ring (bicyclic) bond motifs is 1. The summed E-state index contributed by atoms with van der Waals surface area (Å²) in [5.74, 6) is 1.27. The first-order valence-corrected chi connectivity index (χ1v) is 10.8. The molecule has 1 aromatic heterocycles. The summed E-state index contributed by atoms with van der Waals surface area (Å²) in [4.78, 5) is 12.1. The molecule has 0 saturated carbocycles. The van der Waals surface area contributed by atoms with Gasteiger partial charge in [0.2, 0.25) is 0 Å². The second kappa shape index (κ2) is 9.75. The van der Waals surface area contributed by atoms with E-state index in [1.807, 2.05) is 42.5 Å². The van der Waals surface area contributed by atoms with E-state index in [2.05, 4.69) is 4.74 Å². The van der Waals surface area contributed by atoms with Crippen molar-refractivity contribution in [3.63, 3.8) is 0 Å². The van der Waals surface area contributed by atoms with Crippen molar-refractivity contribution in [3.8, 4) is 33.4 Å². The monoisotopic (exact) mass is 464 g/mol. The summed E-state index contributed by atoms with van der Waals surface area (Å²) < 4.78 is 36.7. The lowest BCUT2D eigenvalue weighted by molar-refractivity contribution is -0.134. The fourth-order valence-electron chi connectivity index (χ4n) is 3.28. The molecule has 0 fully saturated rings. The van der Waals surface area contributed by atoms with Gasteiger partial charge in [-0.15, -0.1) is 11.3 Å². The number of carbonyl (C=O) groups excluding carboxylic acids is 1. The third-order valence-electron chi connectivity index (χ3n) is 4.98. The number of methoxy groups -OCH3 is 3. The van der Waals surface area contributed by atoms with Crippen molar-refractivity contribution in [2.75, 3.05) is 21.3 Å². The van der Waals surface area contributed by atoms with Gasteiger partial charge in [0.1, 0.15) is 11.5 Å². The number of carbonyl (C=O) groups is 1. The topological polar surface area (TPSA) is 54.0 Å². The number of ether oxygens (including phenoxy) is 4. The molecular weight excluding hydrogens is 443 g/mol. The van der Waals surface area contributed by atoms with E-state index in [4.69, 9.17) is 14.2 Å². The molecule has 0 spiro atoms. The van der Waals surface area contributed by atoms with Crippen LogP contribution < -0.4 is 14.2 Å². The van der Waals surface area contributed by atoms with Crippen LogP contribution in [0.3, 0.4) is 0 Å². The molecule has 0 radical (unpaired) electrons. The van der Waals surface area contributed by atoms with Crippen LogP contribution in [-0.4, -0.2) is 27.3 Å². The highest BCUT2D eigenvalue weighted by atomic mass is 32.1. The zero-order valence-corrected chi connectivity index (χ0v) is 19.1. The summed E-state index contributed by atoms with van der Waals surface area (Å²) in [5.41, 5.74) is 1.51. The molecule has 0 unspecified atom stereocenters. The maximum absolute atomic E-state index is 14.4. The molecule has 0 atom stereocenters. The van der Waals surface area contributed by atoms with Crippen LogP contribution in [0, 0.1) is 5.82 Å². The van der Waals surface area contributed by atoms with Gasteiger partial charge in [-0.3, -0.25) is 0 Å². The minimum atomic E-state index is -0.447. The van der Waals surface area contributed by atoms with Gasteiger partial charge in [0.15, 0.2) is 17.3 Å². The van der Waals surface area contributed by atoms with Crippen LogP contribution in [-0.2, 0) is 9.53 Å². The molecule has 0 saturated heterocycles. The van der Waals surface area contributed by atoms with E-state index in [1.165, 1.54) is 37.7 Å². The van der Waals surface area contributed by atoms with Gasteiger partial charge in [-0.1, -0.05) is 12.1 Å². The fourth-order valence-corrected chi connectivity index (χ4v) is 4.43. The van der Waals surface area contributed by atoms with Crippen LogP contribution in [0.2, 0.25) is 0 Å². The normalized spacial score (nSPS) is 11.0. The molecule has 5 nitrogen and oxygen atoms in total. The molecule has 1 heterocycles. The van der Waals surface area contributed by atoms with E-state index in [9.17, 15) is 9.18 Å². The Bertz CT molecular complexity index is 1320. The van der Waals surface area contributed by atoms with E-state index >= 15 is 0 Å². The predicted octanol–water partition coefficient (Wildman–Crippen LogP) is 6.70. The van der Waals surface area contributed by atoms with Crippen LogP contribution in [0.4, 0.5) is 4.39 Å². The number of esters is 1. The van der Waals surface area contributed by atoms with E-state index in [1.54, 1.807) is 25.3 Å². The van der Waals surface area contributed by atoms with E-state index in [-0.39, 0.29) is 5.75 Å². The second-order valence-corrected chi connectivity index (χ2v) is 8.05. The summed E-state index contributed by atoms with van der Waals surface area (Å²) in [6.07, 6.45) is 3.01. The van der Waals surface area contributed by atoms with Gasteiger partial charge in [-0.25, -0.2) is 9.18 Å². The summed E-state index contributed by atoms with van der Waals surface area (Å²) in [6.45, 7) is 0. The molecule has 7 heteroatoms. The van der Waals surface area contributed by atoms with E-state index in [0.29, 0.717) is 17.1 Å². The first kappa shape index (κ1) is 22.4. The highest BCUT2D eigenvalue weighted by molar-refractivity contribution is 7.22. The predicted molar refractivity (Wildman–Crippen MR) is 128 cm³/mol. The van der Waals surface area contributed by atoms with Crippen molar-refractivity contribution in [1.82, 2.24) is 0 Å².